The smallest absolute Gasteiger partial charge is 0.326 e. The number of carbonyl (C=O) groups excluding carboxylic acids is 2. The van der Waals surface area contributed by atoms with Crippen molar-refractivity contribution >= 4 is 40.3 Å². The molecule has 0 spiro atoms. The Morgan fingerprint density at radius 2 is 2.00 bits per heavy atom. The molecule has 26 heavy (non-hydrogen) atoms. The Labute approximate surface area is 156 Å². The van der Waals surface area contributed by atoms with Crippen molar-refractivity contribution in [2.75, 3.05) is 30.4 Å². The number of amides is 3. The first-order valence-electron chi connectivity index (χ1n) is 8.82. The molecule has 1 fully saturated rings. The molecule has 0 unspecified atom stereocenters. The third kappa shape index (κ3) is 2.97. The number of piperidine rings is 1. The Morgan fingerprint density at radius 1 is 1.27 bits per heavy atom. The van der Waals surface area contributed by atoms with E-state index in [1.165, 1.54) is 11.3 Å². The van der Waals surface area contributed by atoms with Gasteiger partial charge in [-0.15, -0.1) is 11.3 Å². The first-order valence-corrected chi connectivity index (χ1v) is 9.70. The number of hydrogen-bond acceptors (Lipinski definition) is 4. The second-order valence-electron chi connectivity index (χ2n) is 6.89. The summed E-state index contributed by atoms with van der Waals surface area (Å²) in [6, 6.07) is 7.42. The lowest BCUT2D eigenvalue weighted by Crippen LogP contribution is -2.47. The van der Waals surface area contributed by atoms with Crippen molar-refractivity contribution < 1.29 is 9.59 Å². The molecule has 1 aromatic heterocycles. The van der Waals surface area contributed by atoms with Gasteiger partial charge in [-0.25, -0.2) is 4.79 Å². The number of nitrogens with one attached hydrogen (secondary N) is 2. The van der Waals surface area contributed by atoms with Gasteiger partial charge >= 0.3 is 6.03 Å². The summed E-state index contributed by atoms with van der Waals surface area (Å²) in [5.74, 6) is -0.175. The van der Waals surface area contributed by atoms with Gasteiger partial charge in [0.05, 0.1) is 22.6 Å². The minimum absolute atomic E-state index is 0.153. The largest absolute Gasteiger partial charge is 0.335 e. The molecular weight excluding hydrogens is 348 g/mol. The quantitative estimate of drug-likeness (QED) is 0.807. The van der Waals surface area contributed by atoms with Crippen molar-refractivity contribution in [1.82, 2.24) is 10.2 Å². The number of urea groups is 1. The number of fused-ring (bicyclic) bond motifs is 2. The first-order chi connectivity index (χ1) is 12.5. The molecule has 3 heterocycles. The molecule has 4 rings (SSSR count). The van der Waals surface area contributed by atoms with E-state index in [1.807, 2.05) is 36.6 Å². The SMILES string of the molecule is Cc1scc2c1N(C(=O)NC1CCN(C)CC1)c1ccccc1NC2=O. The van der Waals surface area contributed by atoms with E-state index in [1.54, 1.807) is 4.90 Å². The van der Waals surface area contributed by atoms with Crippen molar-refractivity contribution in [3.63, 3.8) is 0 Å². The van der Waals surface area contributed by atoms with Crippen LogP contribution >= 0.6 is 11.3 Å². The molecule has 7 heteroatoms. The molecule has 0 atom stereocenters. The van der Waals surface area contributed by atoms with E-state index in [4.69, 9.17) is 0 Å². The molecule has 1 saturated heterocycles. The zero-order valence-electron chi connectivity index (χ0n) is 14.9. The predicted octanol–water partition coefficient (Wildman–Crippen LogP) is 3.56. The summed E-state index contributed by atoms with van der Waals surface area (Å²) < 4.78 is 0. The molecule has 0 aliphatic carbocycles. The maximum Gasteiger partial charge on any atom is 0.326 e. The van der Waals surface area contributed by atoms with Crippen molar-refractivity contribution in [2.24, 2.45) is 0 Å². The number of anilines is 3. The predicted molar refractivity (Wildman–Crippen MR) is 105 cm³/mol. The second kappa shape index (κ2) is 6.74. The Morgan fingerprint density at radius 3 is 2.77 bits per heavy atom. The summed E-state index contributed by atoms with van der Waals surface area (Å²) >= 11 is 1.49. The molecule has 2 aromatic rings. The van der Waals surface area contributed by atoms with E-state index in [0.29, 0.717) is 22.6 Å². The molecule has 1 aromatic carbocycles. The average molecular weight is 370 g/mol. The van der Waals surface area contributed by atoms with Gasteiger partial charge < -0.3 is 15.5 Å². The number of nitrogens with zero attached hydrogens (tertiary/aromatic N) is 2. The van der Waals surface area contributed by atoms with Gasteiger partial charge in [0.15, 0.2) is 0 Å². The summed E-state index contributed by atoms with van der Waals surface area (Å²) in [6.07, 6.45) is 1.87. The Bertz CT molecular complexity index is 855. The number of likely N-dealkylation sites (tertiary alicyclic amines) is 1. The van der Waals surface area contributed by atoms with E-state index in [-0.39, 0.29) is 18.0 Å². The fourth-order valence-electron chi connectivity index (χ4n) is 3.58. The van der Waals surface area contributed by atoms with Gasteiger partial charge in [-0.05, 0) is 52.0 Å². The molecular formula is C19H22N4O2S. The number of benzene rings is 1. The standard InChI is InChI=1S/C19H22N4O2S/c1-12-17-14(11-26-12)18(24)21-15-5-3-4-6-16(15)23(17)19(25)20-13-7-9-22(2)10-8-13/h3-6,11,13H,7-10H2,1-2H3,(H,20,25)(H,21,24). The van der Waals surface area contributed by atoms with E-state index in [2.05, 4.69) is 22.6 Å². The fourth-order valence-corrected chi connectivity index (χ4v) is 4.40. The van der Waals surface area contributed by atoms with Crippen molar-refractivity contribution in [3.8, 4) is 0 Å². The summed E-state index contributed by atoms with van der Waals surface area (Å²) in [5, 5.41) is 7.92. The fraction of sp³-hybridized carbons (Fsp3) is 0.368. The number of aryl methyl sites for hydroxylation is 1. The van der Waals surface area contributed by atoms with Crippen LogP contribution in [0.5, 0.6) is 0 Å². The highest BCUT2D eigenvalue weighted by atomic mass is 32.1. The average Bonchev–Trinajstić information content (AvgIpc) is 2.94. The molecule has 6 nitrogen and oxygen atoms in total. The molecule has 2 aliphatic heterocycles. The van der Waals surface area contributed by atoms with Crippen LogP contribution in [-0.2, 0) is 0 Å². The van der Waals surface area contributed by atoms with E-state index >= 15 is 0 Å². The topological polar surface area (TPSA) is 64.7 Å². The minimum atomic E-state index is -0.175. The van der Waals surface area contributed by atoms with Crippen LogP contribution in [0.25, 0.3) is 0 Å². The normalized spacial score (nSPS) is 17.9. The lowest BCUT2D eigenvalue weighted by Gasteiger charge is -2.32. The number of rotatable bonds is 1. The summed E-state index contributed by atoms with van der Waals surface area (Å²) in [6.45, 7) is 3.90. The van der Waals surface area contributed by atoms with Crippen LogP contribution in [0, 0.1) is 6.92 Å². The lowest BCUT2D eigenvalue weighted by atomic mass is 10.1. The molecule has 2 N–H and O–H groups in total. The van der Waals surface area contributed by atoms with Crippen LogP contribution in [0.3, 0.4) is 0 Å². The highest BCUT2D eigenvalue weighted by Crippen LogP contribution is 2.42. The zero-order chi connectivity index (χ0) is 18.3. The van der Waals surface area contributed by atoms with Gasteiger partial charge in [0.1, 0.15) is 0 Å². The van der Waals surface area contributed by atoms with Crippen LogP contribution in [0.4, 0.5) is 21.9 Å². The highest BCUT2D eigenvalue weighted by molar-refractivity contribution is 7.11. The number of thiophene rings is 1. The number of para-hydroxylation sites is 2. The second-order valence-corrected chi connectivity index (χ2v) is 7.97. The van der Waals surface area contributed by atoms with Gasteiger partial charge in [0.2, 0.25) is 0 Å². The summed E-state index contributed by atoms with van der Waals surface area (Å²) in [4.78, 5) is 30.7. The molecule has 2 aliphatic rings. The van der Waals surface area contributed by atoms with Gasteiger partial charge in [-0.1, -0.05) is 12.1 Å². The first kappa shape index (κ1) is 17.1. The van der Waals surface area contributed by atoms with Crippen molar-refractivity contribution in [2.45, 2.75) is 25.8 Å². The van der Waals surface area contributed by atoms with E-state index in [9.17, 15) is 9.59 Å². The molecule has 0 bridgehead atoms. The highest BCUT2D eigenvalue weighted by Gasteiger charge is 2.33. The van der Waals surface area contributed by atoms with Gasteiger partial charge in [-0.3, -0.25) is 9.69 Å². The molecule has 0 saturated carbocycles. The van der Waals surface area contributed by atoms with Crippen LogP contribution in [0.2, 0.25) is 0 Å². The Balaban J connectivity index is 1.72. The number of carbonyl (C=O) groups is 2. The van der Waals surface area contributed by atoms with E-state index < -0.39 is 0 Å². The van der Waals surface area contributed by atoms with Crippen LogP contribution in [0.15, 0.2) is 29.6 Å². The third-order valence-electron chi connectivity index (χ3n) is 5.05. The summed E-state index contributed by atoms with van der Waals surface area (Å²) in [5.41, 5.74) is 2.58. The minimum Gasteiger partial charge on any atom is -0.335 e. The Hall–Kier alpha value is -2.38. The van der Waals surface area contributed by atoms with Crippen molar-refractivity contribution in [1.29, 1.82) is 0 Å². The van der Waals surface area contributed by atoms with Crippen molar-refractivity contribution in [3.05, 3.63) is 40.1 Å². The van der Waals surface area contributed by atoms with Crippen LogP contribution in [-0.4, -0.2) is 43.0 Å². The third-order valence-corrected chi connectivity index (χ3v) is 5.95. The monoisotopic (exact) mass is 370 g/mol. The van der Waals surface area contributed by atoms with Gasteiger partial charge in [0.25, 0.3) is 5.91 Å². The zero-order valence-corrected chi connectivity index (χ0v) is 15.7. The summed E-state index contributed by atoms with van der Waals surface area (Å²) in [7, 11) is 2.10. The maximum absolute atomic E-state index is 13.2. The molecule has 136 valence electrons. The van der Waals surface area contributed by atoms with Gasteiger partial charge in [-0.2, -0.15) is 0 Å². The lowest BCUT2D eigenvalue weighted by molar-refractivity contribution is 0.102. The Kier molecular flexibility index (Phi) is 4.42. The maximum atomic E-state index is 13.2. The van der Waals surface area contributed by atoms with Crippen LogP contribution in [0.1, 0.15) is 28.1 Å². The van der Waals surface area contributed by atoms with Crippen LogP contribution < -0.4 is 15.5 Å². The molecule has 0 radical (unpaired) electrons. The van der Waals surface area contributed by atoms with Gasteiger partial charge in [0, 0.05) is 16.3 Å². The van der Waals surface area contributed by atoms with E-state index in [0.717, 1.165) is 30.8 Å². The number of hydrogen-bond donors (Lipinski definition) is 2. The molecule has 3 amide bonds.